The molecule has 0 saturated carbocycles. The zero-order valence-electron chi connectivity index (χ0n) is 12.1. The van der Waals surface area contributed by atoms with E-state index in [1.807, 2.05) is 19.9 Å². The summed E-state index contributed by atoms with van der Waals surface area (Å²) in [6.07, 6.45) is -0.175. The van der Waals surface area contributed by atoms with E-state index >= 15 is 0 Å². The third-order valence-electron chi connectivity index (χ3n) is 3.23. The van der Waals surface area contributed by atoms with Crippen molar-refractivity contribution >= 4 is 10.0 Å². The highest BCUT2D eigenvalue weighted by Crippen LogP contribution is 2.22. The average molecular weight is 299 g/mol. The van der Waals surface area contributed by atoms with Gasteiger partial charge in [0, 0.05) is 20.2 Å². The number of ether oxygens (including phenoxy) is 2. The van der Waals surface area contributed by atoms with Gasteiger partial charge in [-0.25, -0.2) is 8.42 Å². The number of benzene rings is 1. The number of hydrogen-bond donors (Lipinski definition) is 0. The van der Waals surface area contributed by atoms with Crippen LogP contribution in [-0.4, -0.2) is 45.1 Å². The Kier molecular flexibility index (Phi) is 4.80. The van der Waals surface area contributed by atoms with Gasteiger partial charge in [0.1, 0.15) is 0 Å². The molecule has 1 aromatic carbocycles. The molecule has 1 saturated heterocycles. The maximum Gasteiger partial charge on any atom is 0.243 e. The standard InChI is InChI=1S/C14H21NO4S/c1-11-8-15(9-12(2)19-11)20(16,17)14-6-4-5-13(7-14)10-18-3/h4-7,11-12H,8-10H2,1-3H3/t11-,12-/m1/s1. The molecular weight excluding hydrogens is 278 g/mol. The fourth-order valence-electron chi connectivity index (χ4n) is 2.44. The Morgan fingerprint density at radius 3 is 2.55 bits per heavy atom. The second-order valence-electron chi connectivity index (χ2n) is 5.16. The Morgan fingerprint density at radius 2 is 1.95 bits per heavy atom. The topological polar surface area (TPSA) is 55.8 Å². The van der Waals surface area contributed by atoms with Crippen molar-refractivity contribution in [2.45, 2.75) is 37.6 Å². The molecule has 0 spiro atoms. The first-order chi connectivity index (χ1) is 9.43. The molecule has 0 radical (unpaired) electrons. The molecule has 20 heavy (non-hydrogen) atoms. The molecule has 1 fully saturated rings. The lowest BCUT2D eigenvalue weighted by Crippen LogP contribution is -2.48. The minimum atomic E-state index is -3.47. The van der Waals surface area contributed by atoms with Crippen LogP contribution in [0.4, 0.5) is 0 Å². The first-order valence-electron chi connectivity index (χ1n) is 6.67. The van der Waals surface area contributed by atoms with Crippen LogP contribution in [-0.2, 0) is 26.1 Å². The summed E-state index contributed by atoms with van der Waals surface area (Å²) < 4.78 is 37.5. The van der Waals surface area contributed by atoms with Crippen LogP contribution in [0.5, 0.6) is 0 Å². The molecule has 2 rings (SSSR count). The molecule has 5 nitrogen and oxygen atoms in total. The molecular formula is C14H21NO4S. The van der Waals surface area contributed by atoms with Crippen molar-refractivity contribution in [1.82, 2.24) is 4.31 Å². The molecule has 0 aromatic heterocycles. The van der Waals surface area contributed by atoms with Gasteiger partial charge < -0.3 is 9.47 Å². The number of morpholine rings is 1. The van der Waals surface area contributed by atoms with Crippen molar-refractivity contribution in [3.05, 3.63) is 29.8 Å². The summed E-state index contributed by atoms with van der Waals surface area (Å²) in [6, 6.07) is 6.89. The van der Waals surface area contributed by atoms with Gasteiger partial charge >= 0.3 is 0 Å². The maximum atomic E-state index is 12.7. The number of nitrogens with zero attached hydrogens (tertiary/aromatic N) is 1. The van der Waals surface area contributed by atoms with Crippen molar-refractivity contribution in [3.63, 3.8) is 0 Å². The smallest absolute Gasteiger partial charge is 0.243 e. The number of hydrogen-bond acceptors (Lipinski definition) is 4. The summed E-state index contributed by atoms with van der Waals surface area (Å²) in [7, 11) is -1.88. The van der Waals surface area contributed by atoms with E-state index in [-0.39, 0.29) is 12.2 Å². The van der Waals surface area contributed by atoms with E-state index in [9.17, 15) is 8.42 Å². The summed E-state index contributed by atoms with van der Waals surface area (Å²) in [5, 5.41) is 0. The van der Waals surface area contributed by atoms with Gasteiger partial charge in [-0.05, 0) is 31.5 Å². The monoisotopic (exact) mass is 299 g/mol. The van der Waals surface area contributed by atoms with Crippen LogP contribution in [0.2, 0.25) is 0 Å². The summed E-state index contributed by atoms with van der Waals surface area (Å²) >= 11 is 0. The van der Waals surface area contributed by atoms with Gasteiger partial charge in [0.15, 0.2) is 0 Å². The van der Waals surface area contributed by atoms with E-state index in [4.69, 9.17) is 9.47 Å². The number of rotatable bonds is 4. The molecule has 112 valence electrons. The lowest BCUT2D eigenvalue weighted by molar-refractivity contribution is -0.0440. The minimum absolute atomic E-state index is 0.0873. The van der Waals surface area contributed by atoms with E-state index in [1.165, 1.54) is 4.31 Å². The second kappa shape index (κ2) is 6.22. The highest BCUT2D eigenvalue weighted by molar-refractivity contribution is 7.89. The molecule has 6 heteroatoms. The van der Waals surface area contributed by atoms with Crippen molar-refractivity contribution in [2.75, 3.05) is 20.2 Å². The zero-order chi connectivity index (χ0) is 14.8. The molecule has 0 unspecified atom stereocenters. The van der Waals surface area contributed by atoms with Gasteiger partial charge in [0.2, 0.25) is 10.0 Å². The van der Waals surface area contributed by atoms with Crippen LogP contribution in [0.3, 0.4) is 0 Å². The first-order valence-corrected chi connectivity index (χ1v) is 8.11. The lowest BCUT2D eigenvalue weighted by atomic mass is 10.2. The Morgan fingerprint density at radius 1 is 1.30 bits per heavy atom. The van der Waals surface area contributed by atoms with Crippen LogP contribution in [0.1, 0.15) is 19.4 Å². The van der Waals surface area contributed by atoms with Gasteiger partial charge in [0.05, 0.1) is 23.7 Å². The predicted octanol–water partition coefficient (Wildman–Crippen LogP) is 1.63. The van der Waals surface area contributed by atoms with E-state index in [1.54, 1.807) is 25.3 Å². The normalized spacial score (nSPS) is 24.8. The average Bonchev–Trinajstić information content (AvgIpc) is 2.38. The van der Waals surface area contributed by atoms with E-state index in [2.05, 4.69) is 0 Å². The third-order valence-corrected chi connectivity index (χ3v) is 5.06. The lowest BCUT2D eigenvalue weighted by Gasteiger charge is -2.34. The molecule has 0 amide bonds. The Bertz CT molecular complexity index is 548. The highest BCUT2D eigenvalue weighted by atomic mass is 32.2. The van der Waals surface area contributed by atoms with Crippen LogP contribution >= 0.6 is 0 Å². The zero-order valence-corrected chi connectivity index (χ0v) is 12.9. The highest BCUT2D eigenvalue weighted by Gasteiger charge is 2.32. The molecule has 0 bridgehead atoms. The molecule has 1 aromatic rings. The van der Waals surface area contributed by atoms with Gasteiger partial charge in [-0.3, -0.25) is 0 Å². The predicted molar refractivity (Wildman–Crippen MR) is 75.9 cm³/mol. The largest absolute Gasteiger partial charge is 0.380 e. The molecule has 1 heterocycles. The first kappa shape index (κ1) is 15.4. The fraction of sp³-hybridized carbons (Fsp3) is 0.571. The van der Waals surface area contributed by atoms with E-state index in [0.29, 0.717) is 24.6 Å². The summed E-state index contributed by atoms with van der Waals surface area (Å²) in [6.45, 7) is 4.96. The maximum absolute atomic E-state index is 12.7. The van der Waals surface area contributed by atoms with E-state index < -0.39 is 10.0 Å². The number of sulfonamides is 1. The Labute approximate surface area is 120 Å². The number of methoxy groups -OCH3 is 1. The van der Waals surface area contributed by atoms with Gasteiger partial charge in [-0.2, -0.15) is 4.31 Å². The summed E-state index contributed by atoms with van der Waals surface area (Å²) in [4.78, 5) is 0.313. The minimum Gasteiger partial charge on any atom is -0.380 e. The van der Waals surface area contributed by atoms with Crippen molar-refractivity contribution in [2.24, 2.45) is 0 Å². The molecule has 0 aliphatic carbocycles. The van der Waals surface area contributed by atoms with Gasteiger partial charge in [-0.15, -0.1) is 0 Å². The van der Waals surface area contributed by atoms with Crippen molar-refractivity contribution in [1.29, 1.82) is 0 Å². The van der Waals surface area contributed by atoms with Gasteiger partial charge in [0.25, 0.3) is 0 Å². The van der Waals surface area contributed by atoms with Crippen molar-refractivity contribution < 1.29 is 17.9 Å². The summed E-state index contributed by atoms with van der Waals surface area (Å²) in [5.41, 5.74) is 0.850. The second-order valence-corrected chi connectivity index (χ2v) is 7.10. The van der Waals surface area contributed by atoms with Crippen LogP contribution in [0.25, 0.3) is 0 Å². The van der Waals surface area contributed by atoms with Crippen LogP contribution < -0.4 is 0 Å². The van der Waals surface area contributed by atoms with Gasteiger partial charge in [-0.1, -0.05) is 12.1 Å². The van der Waals surface area contributed by atoms with E-state index in [0.717, 1.165) is 5.56 Å². The fourth-order valence-corrected chi connectivity index (χ4v) is 4.10. The SMILES string of the molecule is COCc1cccc(S(=O)(=O)N2C[C@@H](C)O[C@H](C)C2)c1. The van der Waals surface area contributed by atoms with Crippen LogP contribution in [0.15, 0.2) is 29.2 Å². The summed E-state index contributed by atoms with van der Waals surface area (Å²) in [5.74, 6) is 0. The molecule has 1 aliphatic heterocycles. The Balaban J connectivity index is 2.27. The Hall–Kier alpha value is -0.950. The quantitative estimate of drug-likeness (QED) is 0.848. The van der Waals surface area contributed by atoms with Crippen LogP contribution in [0, 0.1) is 0 Å². The molecule has 2 atom stereocenters. The molecule has 1 aliphatic rings. The van der Waals surface area contributed by atoms with Crippen molar-refractivity contribution in [3.8, 4) is 0 Å². The third kappa shape index (κ3) is 3.38. The molecule has 0 N–H and O–H groups in total.